The molecule has 5 nitrogen and oxygen atoms in total. The molecular weight excluding hydrogens is 373 g/mol. The monoisotopic (exact) mass is 395 g/mol. The third-order valence-electron chi connectivity index (χ3n) is 1.97. The molecule has 17 heavy (non-hydrogen) atoms. The van der Waals surface area contributed by atoms with Gasteiger partial charge in [0.2, 0.25) is 0 Å². The van der Waals surface area contributed by atoms with Gasteiger partial charge in [0.15, 0.2) is 15.8 Å². The van der Waals surface area contributed by atoms with E-state index in [1.807, 2.05) is 6.26 Å². The number of rotatable bonds is 7. The van der Waals surface area contributed by atoms with Gasteiger partial charge in [0.25, 0.3) is 0 Å². The van der Waals surface area contributed by atoms with E-state index < -0.39 is 9.84 Å². The molecule has 0 saturated heterocycles. The van der Waals surface area contributed by atoms with Crippen molar-refractivity contribution >= 4 is 51.5 Å². The van der Waals surface area contributed by atoms with Gasteiger partial charge < -0.3 is 10.6 Å². The van der Waals surface area contributed by atoms with Gasteiger partial charge in [-0.05, 0) is 6.26 Å². The van der Waals surface area contributed by atoms with Crippen LogP contribution in [0.4, 0.5) is 0 Å². The minimum atomic E-state index is -2.90. The molecule has 2 N–H and O–H groups in total. The van der Waals surface area contributed by atoms with Gasteiger partial charge in [0.1, 0.15) is 0 Å². The maximum Gasteiger partial charge on any atom is 0.191 e. The van der Waals surface area contributed by atoms with Gasteiger partial charge in [0.05, 0.1) is 5.75 Å². The highest BCUT2D eigenvalue weighted by atomic mass is 127. The van der Waals surface area contributed by atoms with E-state index in [4.69, 9.17) is 0 Å². The molecule has 0 spiro atoms. The van der Waals surface area contributed by atoms with E-state index in [0.29, 0.717) is 12.5 Å². The van der Waals surface area contributed by atoms with E-state index in [-0.39, 0.29) is 35.5 Å². The zero-order valence-electron chi connectivity index (χ0n) is 10.5. The van der Waals surface area contributed by atoms with E-state index in [1.165, 1.54) is 0 Å². The zero-order chi connectivity index (χ0) is 12.4. The number of nitrogens with one attached hydrogen (secondary N) is 2. The van der Waals surface area contributed by atoms with Crippen molar-refractivity contribution in [3.8, 4) is 0 Å². The van der Waals surface area contributed by atoms with Crippen molar-refractivity contribution in [2.45, 2.75) is 6.92 Å². The summed E-state index contributed by atoms with van der Waals surface area (Å²) >= 11 is 1.74. The Labute approximate surface area is 126 Å². The Bertz CT molecular complexity index is 307. The molecule has 0 unspecified atom stereocenters. The average molecular weight is 395 g/mol. The summed E-state index contributed by atoms with van der Waals surface area (Å²) in [5.74, 6) is 1.98. The minimum Gasteiger partial charge on any atom is -0.356 e. The molecule has 0 aromatic carbocycles. The maximum absolute atomic E-state index is 11.2. The Morgan fingerprint density at radius 1 is 1.29 bits per heavy atom. The fourth-order valence-electron chi connectivity index (χ4n) is 0.961. The molecule has 0 saturated carbocycles. The molecule has 0 heterocycles. The van der Waals surface area contributed by atoms with Crippen molar-refractivity contribution in [2.24, 2.45) is 4.99 Å². The van der Waals surface area contributed by atoms with E-state index >= 15 is 0 Å². The lowest BCUT2D eigenvalue weighted by molar-refractivity contribution is 0.596. The van der Waals surface area contributed by atoms with Gasteiger partial charge in [-0.2, -0.15) is 11.8 Å². The normalized spacial score (nSPS) is 11.8. The Balaban J connectivity index is 0. The molecule has 0 rings (SSSR count). The first-order valence-corrected chi connectivity index (χ1v) is 8.41. The van der Waals surface area contributed by atoms with E-state index in [9.17, 15) is 8.42 Å². The van der Waals surface area contributed by atoms with Gasteiger partial charge >= 0.3 is 0 Å². The zero-order valence-corrected chi connectivity index (χ0v) is 14.5. The quantitative estimate of drug-likeness (QED) is 0.286. The predicted molar refractivity (Wildman–Crippen MR) is 87.5 cm³/mol. The number of hydrogen-bond donors (Lipinski definition) is 2. The molecule has 8 heteroatoms. The van der Waals surface area contributed by atoms with Crippen molar-refractivity contribution in [3.05, 3.63) is 0 Å². The highest BCUT2D eigenvalue weighted by molar-refractivity contribution is 14.0. The molecule has 0 radical (unpaired) electrons. The molecule has 0 amide bonds. The average Bonchev–Trinajstić information content (AvgIpc) is 2.27. The van der Waals surface area contributed by atoms with E-state index in [2.05, 4.69) is 15.6 Å². The van der Waals surface area contributed by atoms with Crippen LogP contribution in [0.3, 0.4) is 0 Å². The first-order chi connectivity index (χ1) is 7.55. The SMILES string of the molecule is CCS(=O)(=O)CCNC(=NC)NCCSC.I. The predicted octanol–water partition coefficient (Wildman–Crippen LogP) is 0.567. The Hall–Kier alpha value is 0.300. The number of hydrogen-bond acceptors (Lipinski definition) is 4. The van der Waals surface area contributed by atoms with Crippen molar-refractivity contribution < 1.29 is 8.42 Å². The largest absolute Gasteiger partial charge is 0.356 e. The lowest BCUT2D eigenvalue weighted by Crippen LogP contribution is -2.40. The van der Waals surface area contributed by atoms with Crippen molar-refractivity contribution in [2.75, 3.05) is 43.7 Å². The second kappa shape index (κ2) is 11.4. The minimum absolute atomic E-state index is 0. The highest BCUT2D eigenvalue weighted by Crippen LogP contribution is 1.88. The van der Waals surface area contributed by atoms with Crippen LogP contribution < -0.4 is 10.6 Å². The molecule has 0 aromatic heterocycles. The third kappa shape index (κ3) is 11.1. The summed E-state index contributed by atoms with van der Waals surface area (Å²) in [7, 11) is -1.23. The van der Waals surface area contributed by atoms with Crippen molar-refractivity contribution in [1.29, 1.82) is 0 Å². The van der Waals surface area contributed by atoms with Gasteiger partial charge in [0, 0.05) is 31.6 Å². The van der Waals surface area contributed by atoms with Crippen molar-refractivity contribution in [1.82, 2.24) is 10.6 Å². The van der Waals surface area contributed by atoms with E-state index in [1.54, 1.807) is 25.7 Å². The van der Waals surface area contributed by atoms with Crippen LogP contribution >= 0.6 is 35.7 Å². The van der Waals surface area contributed by atoms with Crippen LogP contribution in [0.2, 0.25) is 0 Å². The summed E-state index contributed by atoms with van der Waals surface area (Å²) in [6, 6.07) is 0. The second-order valence-corrected chi connectivity index (χ2v) is 6.61. The fourth-order valence-corrected chi connectivity index (χ4v) is 1.97. The fraction of sp³-hybridized carbons (Fsp3) is 0.889. The summed E-state index contributed by atoms with van der Waals surface area (Å²) in [5.41, 5.74) is 0. The van der Waals surface area contributed by atoms with Crippen LogP contribution in [-0.2, 0) is 9.84 Å². The van der Waals surface area contributed by atoms with Gasteiger partial charge in [-0.3, -0.25) is 4.99 Å². The summed E-state index contributed by atoms with van der Waals surface area (Å²) in [5, 5.41) is 6.07. The third-order valence-corrected chi connectivity index (χ3v) is 4.29. The van der Waals surface area contributed by atoms with Crippen LogP contribution in [-0.4, -0.2) is 58.0 Å². The van der Waals surface area contributed by atoms with Crippen molar-refractivity contribution in [3.63, 3.8) is 0 Å². The number of nitrogens with zero attached hydrogens (tertiary/aromatic N) is 1. The Kier molecular flexibility index (Phi) is 13.2. The van der Waals surface area contributed by atoms with Crippen LogP contribution in [0.25, 0.3) is 0 Å². The first-order valence-electron chi connectivity index (χ1n) is 5.19. The molecular formula is C9H22IN3O2S2. The van der Waals surface area contributed by atoms with Crippen LogP contribution in [0.15, 0.2) is 4.99 Å². The van der Waals surface area contributed by atoms with Crippen LogP contribution in [0.5, 0.6) is 0 Å². The topological polar surface area (TPSA) is 70.6 Å². The number of sulfone groups is 1. The molecule has 0 aliphatic heterocycles. The Morgan fingerprint density at radius 3 is 2.35 bits per heavy atom. The summed E-state index contributed by atoms with van der Waals surface area (Å²) in [6.45, 7) is 2.87. The molecule has 0 fully saturated rings. The molecule has 0 bridgehead atoms. The molecule has 0 aliphatic carbocycles. The van der Waals surface area contributed by atoms with Gasteiger partial charge in [-0.15, -0.1) is 24.0 Å². The Morgan fingerprint density at radius 2 is 1.88 bits per heavy atom. The molecule has 0 aromatic rings. The van der Waals surface area contributed by atoms with Gasteiger partial charge in [-0.25, -0.2) is 8.42 Å². The van der Waals surface area contributed by atoms with Gasteiger partial charge in [-0.1, -0.05) is 6.92 Å². The lowest BCUT2D eigenvalue weighted by atomic mass is 10.6. The number of aliphatic imine (C=N–C) groups is 1. The summed E-state index contributed by atoms with van der Waals surface area (Å²) in [6.07, 6.45) is 2.03. The molecule has 0 atom stereocenters. The molecule has 0 aliphatic rings. The first kappa shape index (κ1) is 19.6. The number of halogens is 1. The smallest absolute Gasteiger partial charge is 0.191 e. The summed E-state index contributed by atoms with van der Waals surface area (Å²) < 4.78 is 22.5. The van der Waals surface area contributed by atoms with E-state index in [0.717, 1.165) is 12.3 Å². The number of thioether (sulfide) groups is 1. The second-order valence-electron chi connectivity index (χ2n) is 3.15. The standard InChI is InChI=1S/C9H21N3O2S2.HI/c1-4-16(13,14)8-6-12-9(10-2)11-5-7-15-3;/h4-8H2,1-3H3,(H2,10,11,12);1H. The molecule has 104 valence electrons. The summed E-state index contributed by atoms with van der Waals surface area (Å²) in [4.78, 5) is 4.00. The van der Waals surface area contributed by atoms with Crippen LogP contribution in [0.1, 0.15) is 6.92 Å². The number of guanidine groups is 1. The van der Waals surface area contributed by atoms with Crippen LogP contribution in [0, 0.1) is 0 Å². The lowest BCUT2D eigenvalue weighted by Gasteiger charge is -2.10. The maximum atomic E-state index is 11.2. The highest BCUT2D eigenvalue weighted by Gasteiger charge is 2.06.